The zero-order valence-electron chi connectivity index (χ0n) is 24.0. The van der Waals surface area contributed by atoms with E-state index in [1.807, 2.05) is 0 Å². The molecular weight excluding hydrogens is 572 g/mol. The Balaban J connectivity index is 1.91. The fourth-order valence-corrected chi connectivity index (χ4v) is 4.99. The second-order valence-corrected chi connectivity index (χ2v) is 10.0. The number of aromatic nitrogens is 2. The largest absolute Gasteiger partial charge is 0.466 e. The van der Waals surface area contributed by atoms with E-state index in [0.717, 1.165) is 32.5 Å². The molecule has 1 aliphatic rings. The zero-order chi connectivity index (χ0) is 30.8. The minimum Gasteiger partial charge on any atom is -0.466 e. The fraction of sp³-hybridized carbons (Fsp3) is 0.464. The van der Waals surface area contributed by atoms with Gasteiger partial charge in [0.1, 0.15) is 22.8 Å². The first-order valence-electron chi connectivity index (χ1n) is 13.7. The number of ether oxygens (including phenoxy) is 2. The van der Waals surface area contributed by atoms with Gasteiger partial charge in [0, 0.05) is 56.1 Å². The summed E-state index contributed by atoms with van der Waals surface area (Å²) in [6.45, 7) is 5.09. The number of hydrogen-bond donors (Lipinski definition) is 4. The molecule has 1 fully saturated rings. The van der Waals surface area contributed by atoms with E-state index in [1.54, 1.807) is 31.9 Å². The number of carbonyl (C=O) groups excluding carboxylic acids is 2. The van der Waals surface area contributed by atoms with Crippen LogP contribution in [0.3, 0.4) is 0 Å². The Kier molecular flexibility index (Phi) is 12.0. The van der Waals surface area contributed by atoms with Crippen molar-refractivity contribution < 1.29 is 27.8 Å². The normalized spacial score (nSPS) is 13.9. The molecule has 0 unspecified atom stereocenters. The van der Waals surface area contributed by atoms with Gasteiger partial charge in [-0.1, -0.05) is 18.2 Å². The summed E-state index contributed by atoms with van der Waals surface area (Å²) in [4.78, 5) is 27.3. The van der Waals surface area contributed by atoms with Crippen LogP contribution in [0.5, 0.6) is 5.75 Å². The van der Waals surface area contributed by atoms with Gasteiger partial charge < -0.3 is 36.1 Å². The molecule has 0 saturated carbocycles. The molecule has 11 nitrogen and oxygen atoms in total. The van der Waals surface area contributed by atoms with Crippen LogP contribution in [0.1, 0.15) is 38.6 Å². The number of nitrogens with two attached hydrogens (primary N) is 1. The number of rotatable bonds is 14. The molecule has 1 aliphatic heterocycles. The number of piperidine rings is 1. The number of nitrogens with one attached hydrogen (secondary N) is 3. The summed E-state index contributed by atoms with van der Waals surface area (Å²) in [6.07, 6.45) is 4.24. The second-order valence-electron chi connectivity index (χ2n) is 9.60. The smallest absolute Gasteiger partial charge is 0.387 e. The quantitative estimate of drug-likeness (QED) is 0.143. The van der Waals surface area contributed by atoms with E-state index in [-0.39, 0.29) is 51.0 Å². The predicted octanol–water partition coefficient (Wildman–Crippen LogP) is 3.85. The number of alkyl halides is 2. The monoisotopic (exact) mass is 609 g/mol. The lowest BCUT2D eigenvalue weighted by atomic mass is 10.0. The van der Waals surface area contributed by atoms with Crippen molar-refractivity contribution in [2.24, 2.45) is 5.73 Å². The number of nitrogens with zero attached hydrogens (tertiary/aromatic N) is 3. The van der Waals surface area contributed by atoms with Crippen molar-refractivity contribution in [1.29, 1.82) is 0 Å². The molecule has 1 aromatic carbocycles. The molecule has 2 heterocycles. The lowest BCUT2D eigenvalue weighted by Gasteiger charge is -2.32. The highest BCUT2D eigenvalue weighted by Crippen LogP contribution is 2.38. The van der Waals surface area contributed by atoms with Gasteiger partial charge in [-0.2, -0.15) is 13.9 Å². The summed E-state index contributed by atoms with van der Waals surface area (Å²) in [6, 6.07) is 4.19. The van der Waals surface area contributed by atoms with E-state index in [2.05, 4.69) is 27.4 Å². The van der Waals surface area contributed by atoms with Crippen LogP contribution in [-0.4, -0.2) is 73.5 Å². The highest BCUT2D eigenvalue weighted by molar-refractivity contribution is 6.31. The molecule has 5 N–H and O–H groups in total. The van der Waals surface area contributed by atoms with Gasteiger partial charge in [0.25, 0.3) is 5.91 Å². The standard InChI is InChI=1S/C28H38ClF2N7O4/c1-5-41-23(39)7-6-12-37-13-10-19(11-14-37)38-16-21(35-27(40)24(17(2)32)26(33-3)34-4)25(36-38)20-15-18(29)8-9-22(20)42-28(30)31/h8-9,15-16,19,28,33-34H,2,5-7,10-14,32H2,1,3-4H3,(H,35,40). The highest BCUT2D eigenvalue weighted by atomic mass is 35.5. The van der Waals surface area contributed by atoms with E-state index in [1.165, 1.54) is 18.2 Å². The Morgan fingerprint density at radius 1 is 1.24 bits per heavy atom. The summed E-state index contributed by atoms with van der Waals surface area (Å²) in [7, 11) is 3.24. The number of amides is 1. The number of benzene rings is 1. The maximum atomic E-state index is 13.4. The molecule has 0 atom stereocenters. The number of esters is 1. The first-order valence-corrected chi connectivity index (χ1v) is 14.0. The van der Waals surface area contributed by atoms with Crippen LogP contribution in [-0.2, 0) is 14.3 Å². The summed E-state index contributed by atoms with van der Waals surface area (Å²) in [5.41, 5.74) is 6.66. The minimum atomic E-state index is -3.08. The van der Waals surface area contributed by atoms with Gasteiger partial charge in [0.05, 0.1) is 18.3 Å². The van der Waals surface area contributed by atoms with Crippen LogP contribution in [0.4, 0.5) is 14.5 Å². The van der Waals surface area contributed by atoms with Crippen LogP contribution in [0.25, 0.3) is 11.3 Å². The Bertz CT molecular complexity index is 1290. The lowest BCUT2D eigenvalue weighted by molar-refractivity contribution is -0.143. The summed E-state index contributed by atoms with van der Waals surface area (Å²) >= 11 is 6.23. The molecule has 42 heavy (non-hydrogen) atoms. The maximum absolute atomic E-state index is 13.4. The van der Waals surface area contributed by atoms with Gasteiger partial charge in [0.2, 0.25) is 0 Å². The maximum Gasteiger partial charge on any atom is 0.387 e. The minimum absolute atomic E-state index is 0.0138. The van der Waals surface area contributed by atoms with E-state index in [4.69, 9.17) is 31.9 Å². The molecule has 14 heteroatoms. The van der Waals surface area contributed by atoms with Gasteiger partial charge in [-0.15, -0.1) is 0 Å². The second kappa shape index (κ2) is 15.4. The Morgan fingerprint density at radius 3 is 2.52 bits per heavy atom. The molecule has 0 spiro atoms. The summed E-state index contributed by atoms with van der Waals surface area (Å²) in [5.74, 6) is -0.586. The van der Waals surface area contributed by atoms with Crippen molar-refractivity contribution in [3.05, 3.63) is 53.1 Å². The molecule has 3 rings (SSSR count). The third-order valence-electron chi connectivity index (χ3n) is 6.78. The van der Waals surface area contributed by atoms with Crippen LogP contribution in [0, 0.1) is 0 Å². The number of halogens is 3. The molecule has 0 radical (unpaired) electrons. The van der Waals surface area contributed by atoms with E-state index >= 15 is 0 Å². The molecular formula is C28H38ClF2N7O4. The van der Waals surface area contributed by atoms with E-state index < -0.39 is 12.5 Å². The third kappa shape index (κ3) is 8.58. The van der Waals surface area contributed by atoms with Crippen LogP contribution in [0.2, 0.25) is 5.02 Å². The molecule has 1 saturated heterocycles. The number of likely N-dealkylation sites (tertiary alicyclic amines) is 1. The third-order valence-corrected chi connectivity index (χ3v) is 7.02. The van der Waals surface area contributed by atoms with Crippen molar-refractivity contribution in [2.75, 3.05) is 45.7 Å². The topological polar surface area (TPSA) is 136 Å². The van der Waals surface area contributed by atoms with E-state index in [9.17, 15) is 18.4 Å². The zero-order valence-corrected chi connectivity index (χ0v) is 24.8. The molecule has 1 aromatic heterocycles. The van der Waals surface area contributed by atoms with Crippen molar-refractivity contribution in [3.63, 3.8) is 0 Å². The molecule has 0 bridgehead atoms. The van der Waals surface area contributed by atoms with Gasteiger partial charge in [-0.25, -0.2) is 0 Å². The van der Waals surface area contributed by atoms with Crippen molar-refractivity contribution >= 4 is 29.2 Å². The molecule has 2 aromatic rings. The average molecular weight is 610 g/mol. The average Bonchev–Trinajstić information content (AvgIpc) is 3.35. The first kappa shape index (κ1) is 32.7. The van der Waals surface area contributed by atoms with Crippen LogP contribution < -0.4 is 26.4 Å². The van der Waals surface area contributed by atoms with Crippen molar-refractivity contribution in [3.8, 4) is 17.0 Å². The highest BCUT2D eigenvalue weighted by Gasteiger charge is 2.27. The van der Waals surface area contributed by atoms with Crippen LogP contribution in [0.15, 0.2) is 48.1 Å². The van der Waals surface area contributed by atoms with Gasteiger partial charge in [-0.05, 0) is 50.9 Å². The SMILES string of the molecule is C=C(N)C(C(=O)Nc1cn(C2CCN(CCCC(=O)OCC)CC2)nc1-c1cc(Cl)ccc1OC(F)F)=C(NC)NC. The summed E-state index contributed by atoms with van der Waals surface area (Å²) in [5, 5.41) is 13.5. The van der Waals surface area contributed by atoms with Gasteiger partial charge >= 0.3 is 12.6 Å². The Morgan fingerprint density at radius 2 is 1.93 bits per heavy atom. The van der Waals surface area contributed by atoms with Gasteiger partial charge in [0.15, 0.2) is 0 Å². The van der Waals surface area contributed by atoms with Crippen LogP contribution >= 0.6 is 11.6 Å². The number of anilines is 1. The number of carbonyl (C=O) groups is 2. The molecule has 0 aliphatic carbocycles. The fourth-order valence-electron chi connectivity index (χ4n) is 4.82. The summed E-state index contributed by atoms with van der Waals surface area (Å²) < 4.78 is 38.0. The van der Waals surface area contributed by atoms with E-state index in [0.29, 0.717) is 25.3 Å². The Hall–Kier alpha value is -3.84. The molecule has 1 amide bonds. The van der Waals surface area contributed by atoms with Crippen molar-refractivity contribution in [1.82, 2.24) is 25.3 Å². The number of hydrogen-bond acceptors (Lipinski definition) is 9. The Labute approximate surface area is 249 Å². The molecule has 230 valence electrons. The first-order chi connectivity index (χ1) is 20.1. The van der Waals surface area contributed by atoms with Crippen molar-refractivity contribution in [2.45, 2.75) is 45.3 Å². The van der Waals surface area contributed by atoms with Gasteiger partial charge in [-0.3, -0.25) is 14.3 Å². The lowest BCUT2D eigenvalue weighted by Crippen LogP contribution is -2.35. The predicted molar refractivity (Wildman–Crippen MR) is 157 cm³/mol.